The normalized spacial score (nSPS) is 23.1. The molecule has 0 saturated carbocycles. The van der Waals surface area contributed by atoms with Gasteiger partial charge in [-0.05, 0) is 26.4 Å². The molecule has 0 aliphatic carbocycles. The average Bonchev–Trinajstić information content (AvgIpc) is 2.77. The highest BCUT2D eigenvalue weighted by Gasteiger charge is 2.21. The molecule has 1 aromatic heterocycles. The van der Waals surface area contributed by atoms with Crippen LogP contribution in [0.3, 0.4) is 0 Å². The molecule has 2 heterocycles. The second-order valence-corrected chi connectivity index (χ2v) is 4.08. The van der Waals surface area contributed by atoms with Crippen LogP contribution in [0.2, 0.25) is 0 Å². The Morgan fingerprint density at radius 2 is 2.50 bits per heavy atom. The maximum absolute atomic E-state index is 5.76. The van der Waals surface area contributed by atoms with Gasteiger partial charge in [-0.2, -0.15) is 0 Å². The van der Waals surface area contributed by atoms with Gasteiger partial charge in [0.05, 0.1) is 5.88 Å². The van der Waals surface area contributed by atoms with E-state index in [0.717, 1.165) is 12.4 Å². The SMILES string of the molecule is CN1CCCC1Cn1cnnc1CCl. The number of nitrogens with zero attached hydrogens (tertiary/aromatic N) is 4. The van der Waals surface area contributed by atoms with Crippen LogP contribution in [0.15, 0.2) is 6.33 Å². The minimum Gasteiger partial charge on any atom is -0.315 e. The highest BCUT2D eigenvalue weighted by atomic mass is 35.5. The van der Waals surface area contributed by atoms with Crippen LogP contribution in [-0.2, 0) is 12.4 Å². The first-order valence-corrected chi connectivity index (χ1v) is 5.47. The van der Waals surface area contributed by atoms with E-state index in [0.29, 0.717) is 11.9 Å². The molecule has 2 rings (SSSR count). The van der Waals surface area contributed by atoms with Crippen molar-refractivity contribution in [3.8, 4) is 0 Å². The van der Waals surface area contributed by atoms with Gasteiger partial charge in [-0.1, -0.05) is 0 Å². The van der Waals surface area contributed by atoms with Gasteiger partial charge in [-0.15, -0.1) is 21.8 Å². The van der Waals surface area contributed by atoms with E-state index in [2.05, 4.69) is 26.7 Å². The van der Waals surface area contributed by atoms with Crippen molar-refractivity contribution in [2.24, 2.45) is 0 Å². The molecule has 1 saturated heterocycles. The number of likely N-dealkylation sites (tertiary alicyclic amines) is 1. The molecule has 0 N–H and O–H groups in total. The van der Waals surface area contributed by atoms with E-state index in [4.69, 9.17) is 11.6 Å². The summed E-state index contributed by atoms with van der Waals surface area (Å²) < 4.78 is 2.06. The van der Waals surface area contributed by atoms with E-state index in [1.54, 1.807) is 6.33 Å². The second kappa shape index (κ2) is 4.28. The third kappa shape index (κ3) is 1.91. The van der Waals surface area contributed by atoms with Crippen molar-refractivity contribution in [2.45, 2.75) is 31.3 Å². The Labute approximate surface area is 88.9 Å². The quantitative estimate of drug-likeness (QED) is 0.707. The standard InChI is InChI=1S/C9H15ClN4/c1-13-4-2-3-8(13)6-14-7-11-12-9(14)5-10/h7-8H,2-6H2,1H3. The van der Waals surface area contributed by atoms with Gasteiger partial charge in [-0.3, -0.25) is 0 Å². The van der Waals surface area contributed by atoms with Crippen LogP contribution < -0.4 is 0 Å². The fourth-order valence-corrected chi connectivity index (χ4v) is 2.18. The lowest BCUT2D eigenvalue weighted by Gasteiger charge is -2.19. The van der Waals surface area contributed by atoms with E-state index in [1.165, 1.54) is 19.4 Å². The molecule has 0 radical (unpaired) electrons. The molecule has 1 atom stereocenters. The number of aromatic nitrogens is 3. The molecule has 1 aliphatic rings. The lowest BCUT2D eigenvalue weighted by molar-refractivity contribution is 0.280. The maximum Gasteiger partial charge on any atom is 0.147 e. The molecule has 0 aromatic carbocycles. The first-order valence-electron chi connectivity index (χ1n) is 4.94. The molecule has 0 bridgehead atoms. The Balaban J connectivity index is 2.02. The second-order valence-electron chi connectivity index (χ2n) is 3.81. The topological polar surface area (TPSA) is 34.0 Å². The van der Waals surface area contributed by atoms with E-state index in [9.17, 15) is 0 Å². The third-order valence-corrected chi connectivity index (χ3v) is 3.13. The third-order valence-electron chi connectivity index (χ3n) is 2.89. The van der Waals surface area contributed by atoms with E-state index in [-0.39, 0.29) is 0 Å². The number of likely N-dealkylation sites (N-methyl/N-ethyl adjacent to an activating group) is 1. The summed E-state index contributed by atoms with van der Waals surface area (Å²) in [5.41, 5.74) is 0. The molecule has 5 heteroatoms. The summed E-state index contributed by atoms with van der Waals surface area (Å²) in [5, 5.41) is 7.83. The summed E-state index contributed by atoms with van der Waals surface area (Å²) in [6.45, 7) is 2.16. The fraction of sp³-hybridized carbons (Fsp3) is 0.778. The summed E-state index contributed by atoms with van der Waals surface area (Å²) in [6, 6.07) is 0.618. The molecule has 1 aliphatic heterocycles. The van der Waals surface area contributed by atoms with Crippen molar-refractivity contribution >= 4 is 11.6 Å². The van der Waals surface area contributed by atoms with Gasteiger partial charge >= 0.3 is 0 Å². The summed E-state index contributed by atoms with van der Waals surface area (Å²) in [7, 11) is 2.17. The maximum atomic E-state index is 5.76. The average molecular weight is 215 g/mol. The van der Waals surface area contributed by atoms with Gasteiger partial charge in [0.25, 0.3) is 0 Å². The predicted octanol–water partition coefficient (Wildman–Crippen LogP) is 1.11. The van der Waals surface area contributed by atoms with Crippen LogP contribution in [-0.4, -0.2) is 39.3 Å². The Morgan fingerprint density at radius 3 is 3.14 bits per heavy atom. The van der Waals surface area contributed by atoms with E-state index in [1.807, 2.05) is 0 Å². The van der Waals surface area contributed by atoms with Crippen LogP contribution in [0.5, 0.6) is 0 Å². The summed E-state index contributed by atoms with van der Waals surface area (Å²) >= 11 is 5.76. The largest absolute Gasteiger partial charge is 0.315 e. The molecular formula is C9H15ClN4. The molecule has 1 unspecified atom stereocenters. The highest BCUT2D eigenvalue weighted by Crippen LogP contribution is 2.17. The number of hydrogen-bond donors (Lipinski definition) is 0. The van der Waals surface area contributed by atoms with Crippen molar-refractivity contribution in [1.29, 1.82) is 0 Å². The monoisotopic (exact) mass is 214 g/mol. The first-order chi connectivity index (χ1) is 6.81. The Kier molecular flexibility index (Phi) is 3.03. The molecular weight excluding hydrogens is 200 g/mol. The van der Waals surface area contributed by atoms with Gasteiger partial charge in [0.2, 0.25) is 0 Å². The van der Waals surface area contributed by atoms with E-state index >= 15 is 0 Å². The minimum atomic E-state index is 0.441. The van der Waals surface area contributed by atoms with Crippen LogP contribution >= 0.6 is 11.6 Å². The number of hydrogen-bond acceptors (Lipinski definition) is 3. The van der Waals surface area contributed by atoms with E-state index < -0.39 is 0 Å². The molecule has 14 heavy (non-hydrogen) atoms. The van der Waals surface area contributed by atoms with Crippen LogP contribution in [0, 0.1) is 0 Å². The van der Waals surface area contributed by atoms with Gasteiger partial charge < -0.3 is 9.47 Å². The summed E-state index contributed by atoms with van der Waals surface area (Å²) in [6.07, 6.45) is 4.32. The highest BCUT2D eigenvalue weighted by molar-refractivity contribution is 6.16. The van der Waals surface area contributed by atoms with Crippen molar-refractivity contribution < 1.29 is 0 Å². The van der Waals surface area contributed by atoms with Crippen molar-refractivity contribution in [1.82, 2.24) is 19.7 Å². The smallest absolute Gasteiger partial charge is 0.147 e. The molecule has 1 aromatic rings. The Hall–Kier alpha value is -0.610. The summed E-state index contributed by atoms with van der Waals surface area (Å²) in [5.74, 6) is 1.31. The van der Waals surface area contributed by atoms with Crippen molar-refractivity contribution in [3.05, 3.63) is 12.2 Å². The molecule has 78 valence electrons. The zero-order chi connectivity index (χ0) is 9.97. The predicted molar refractivity (Wildman–Crippen MR) is 55.2 cm³/mol. The summed E-state index contributed by atoms with van der Waals surface area (Å²) in [4.78, 5) is 2.39. The van der Waals surface area contributed by atoms with Gasteiger partial charge in [0.1, 0.15) is 12.2 Å². The van der Waals surface area contributed by atoms with Crippen LogP contribution in [0.25, 0.3) is 0 Å². The lowest BCUT2D eigenvalue weighted by Crippen LogP contribution is -2.29. The number of alkyl halides is 1. The van der Waals surface area contributed by atoms with Crippen LogP contribution in [0.1, 0.15) is 18.7 Å². The van der Waals surface area contributed by atoms with Gasteiger partial charge in [0, 0.05) is 12.6 Å². The van der Waals surface area contributed by atoms with Gasteiger partial charge in [-0.25, -0.2) is 0 Å². The molecule has 0 spiro atoms. The Morgan fingerprint density at radius 1 is 1.64 bits per heavy atom. The molecule has 0 amide bonds. The molecule has 4 nitrogen and oxygen atoms in total. The first kappa shape index (κ1) is 9.93. The number of halogens is 1. The zero-order valence-corrected chi connectivity index (χ0v) is 9.11. The zero-order valence-electron chi connectivity index (χ0n) is 8.36. The van der Waals surface area contributed by atoms with Crippen molar-refractivity contribution in [2.75, 3.05) is 13.6 Å². The van der Waals surface area contributed by atoms with Crippen molar-refractivity contribution in [3.63, 3.8) is 0 Å². The van der Waals surface area contributed by atoms with Gasteiger partial charge in [0.15, 0.2) is 0 Å². The Bertz CT molecular complexity index is 299. The molecule has 1 fully saturated rings. The minimum absolute atomic E-state index is 0.441. The van der Waals surface area contributed by atoms with Crippen LogP contribution in [0.4, 0.5) is 0 Å². The fourth-order valence-electron chi connectivity index (χ4n) is 1.97. The number of rotatable bonds is 3. The lowest BCUT2D eigenvalue weighted by atomic mass is 10.2.